The van der Waals surface area contributed by atoms with Gasteiger partial charge in [-0.15, -0.1) is 11.3 Å². The van der Waals surface area contributed by atoms with Crippen LogP contribution in [0.5, 0.6) is 0 Å². The number of carbonyl (C=O) groups is 1. The van der Waals surface area contributed by atoms with E-state index in [4.69, 9.17) is 5.73 Å². The summed E-state index contributed by atoms with van der Waals surface area (Å²) in [6.45, 7) is 3.92. The SMILES string of the molecule is CCc1cnc(C(C)NC(=O)c2ccc(F)c(N)c2)s1. The first-order valence-corrected chi connectivity index (χ1v) is 7.13. The van der Waals surface area contributed by atoms with Crippen LogP contribution in [0.2, 0.25) is 0 Å². The number of hydrogen-bond acceptors (Lipinski definition) is 4. The highest BCUT2D eigenvalue weighted by Crippen LogP contribution is 2.21. The van der Waals surface area contributed by atoms with Gasteiger partial charge < -0.3 is 11.1 Å². The molecule has 3 N–H and O–H groups in total. The van der Waals surface area contributed by atoms with Crippen LogP contribution in [0.3, 0.4) is 0 Å². The van der Waals surface area contributed by atoms with Crippen LogP contribution in [0.25, 0.3) is 0 Å². The van der Waals surface area contributed by atoms with E-state index in [-0.39, 0.29) is 17.6 Å². The smallest absolute Gasteiger partial charge is 0.251 e. The van der Waals surface area contributed by atoms with E-state index in [2.05, 4.69) is 17.2 Å². The number of aryl methyl sites for hydroxylation is 1. The average Bonchev–Trinajstić information content (AvgIpc) is 2.90. The van der Waals surface area contributed by atoms with Crippen molar-refractivity contribution in [2.45, 2.75) is 26.3 Å². The molecule has 1 heterocycles. The first-order chi connectivity index (χ1) is 9.51. The van der Waals surface area contributed by atoms with E-state index in [1.807, 2.05) is 13.1 Å². The highest BCUT2D eigenvalue weighted by molar-refractivity contribution is 7.11. The number of nitrogen functional groups attached to an aromatic ring is 1. The number of halogens is 1. The van der Waals surface area contributed by atoms with Gasteiger partial charge in [0.05, 0.1) is 11.7 Å². The molecule has 2 rings (SSSR count). The molecule has 0 radical (unpaired) electrons. The monoisotopic (exact) mass is 293 g/mol. The van der Waals surface area contributed by atoms with Gasteiger partial charge >= 0.3 is 0 Å². The Labute approximate surface area is 120 Å². The molecule has 6 heteroatoms. The number of anilines is 1. The number of aromatic nitrogens is 1. The number of amides is 1. The Kier molecular flexibility index (Phi) is 4.34. The fourth-order valence-electron chi connectivity index (χ4n) is 1.71. The van der Waals surface area contributed by atoms with E-state index in [0.717, 1.165) is 11.4 Å². The Bertz CT molecular complexity index is 627. The minimum absolute atomic E-state index is 0.0344. The number of carbonyl (C=O) groups excluding carboxylic acids is 1. The first kappa shape index (κ1) is 14.5. The van der Waals surface area contributed by atoms with Crippen molar-refractivity contribution in [1.82, 2.24) is 10.3 Å². The maximum atomic E-state index is 13.1. The van der Waals surface area contributed by atoms with E-state index in [1.54, 1.807) is 11.3 Å². The average molecular weight is 293 g/mol. The van der Waals surface area contributed by atoms with E-state index in [1.165, 1.54) is 23.1 Å². The lowest BCUT2D eigenvalue weighted by molar-refractivity contribution is 0.0940. The van der Waals surface area contributed by atoms with Crippen LogP contribution in [-0.2, 0) is 6.42 Å². The normalized spacial score (nSPS) is 12.2. The maximum Gasteiger partial charge on any atom is 0.251 e. The van der Waals surface area contributed by atoms with Gasteiger partial charge in [0.2, 0.25) is 0 Å². The van der Waals surface area contributed by atoms with Crippen molar-refractivity contribution in [2.75, 3.05) is 5.73 Å². The Balaban J connectivity index is 2.08. The van der Waals surface area contributed by atoms with Gasteiger partial charge in [-0.05, 0) is 31.5 Å². The molecule has 0 aliphatic heterocycles. The number of nitrogens with zero attached hydrogens (tertiary/aromatic N) is 1. The van der Waals surface area contributed by atoms with Crippen molar-refractivity contribution < 1.29 is 9.18 Å². The summed E-state index contributed by atoms with van der Waals surface area (Å²) in [4.78, 5) is 17.5. The number of benzene rings is 1. The second-order valence-electron chi connectivity index (χ2n) is 4.45. The van der Waals surface area contributed by atoms with Crippen molar-refractivity contribution in [3.63, 3.8) is 0 Å². The molecule has 20 heavy (non-hydrogen) atoms. The van der Waals surface area contributed by atoms with E-state index in [0.29, 0.717) is 5.56 Å². The van der Waals surface area contributed by atoms with Crippen molar-refractivity contribution in [3.8, 4) is 0 Å². The number of hydrogen-bond donors (Lipinski definition) is 2. The lowest BCUT2D eigenvalue weighted by Gasteiger charge is -2.11. The highest BCUT2D eigenvalue weighted by atomic mass is 32.1. The van der Waals surface area contributed by atoms with Crippen LogP contribution in [0.4, 0.5) is 10.1 Å². The van der Waals surface area contributed by atoms with E-state index in [9.17, 15) is 9.18 Å². The molecule has 1 unspecified atom stereocenters. The van der Waals surface area contributed by atoms with Crippen molar-refractivity contribution in [1.29, 1.82) is 0 Å². The van der Waals surface area contributed by atoms with Crippen LogP contribution in [-0.4, -0.2) is 10.9 Å². The molecule has 106 valence electrons. The Morgan fingerprint density at radius 3 is 2.90 bits per heavy atom. The number of nitrogens with one attached hydrogen (secondary N) is 1. The molecule has 0 fully saturated rings. The summed E-state index contributed by atoms with van der Waals surface area (Å²) in [5.41, 5.74) is 5.76. The molecule has 1 aromatic heterocycles. The van der Waals surface area contributed by atoms with Crippen LogP contribution < -0.4 is 11.1 Å². The summed E-state index contributed by atoms with van der Waals surface area (Å²) in [5.74, 6) is -0.820. The zero-order valence-corrected chi connectivity index (χ0v) is 12.1. The molecule has 1 atom stereocenters. The van der Waals surface area contributed by atoms with Crippen LogP contribution in [0.1, 0.15) is 40.1 Å². The molecule has 0 saturated heterocycles. The molecule has 0 aliphatic rings. The molecule has 4 nitrogen and oxygen atoms in total. The van der Waals surface area contributed by atoms with Crippen LogP contribution in [0.15, 0.2) is 24.4 Å². The summed E-state index contributed by atoms with van der Waals surface area (Å²) in [6.07, 6.45) is 2.74. The minimum atomic E-state index is -0.526. The Morgan fingerprint density at radius 2 is 2.30 bits per heavy atom. The van der Waals surface area contributed by atoms with Gasteiger partial charge in [-0.3, -0.25) is 4.79 Å². The topological polar surface area (TPSA) is 68.0 Å². The number of thiazole rings is 1. The van der Waals surface area contributed by atoms with Crippen molar-refractivity contribution in [3.05, 3.63) is 45.7 Å². The molecular formula is C14H16FN3OS. The van der Waals surface area contributed by atoms with Crippen LogP contribution >= 0.6 is 11.3 Å². The summed E-state index contributed by atoms with van der Waals surface area (Å²) >= 11 is 1.57. The molecule has 0 aliphatic carbocycles. The van der Waals surface area contributed by atoms with Gasteiger partial charge in [0.1, 0.15) is 10.8 Å². The third-order valence-electron chi connectivity index (χ3n) is 2.90. The highest BCUT2D eigenvalue weighted by Gasteiger charge is 2.15. The third-order valence-corrected chi connectivity index (χ3v) is 4.22. The Morgan fingerprint density at radius 1 is 1.55 bits per heavy atom. The second-order valence-corrected chi connectivity index (χ2v) is 5.60. The van der Waals surface area contributed by atoms with Gasteiger partial charge in [-0.2, -0.15) is 0 Å². The minimum Gasteiger partial charge on any atom is -0.396 e. The zero-order valence-electron chi connectivity index (χ0n) is 11.3. The predicted octanol–water partition coefficient (Wildman–Crippen LogP) is 2.92. The van der Waals surface area contributed by atoms with Crippen molar-refractivity contribution in [2.24, 2.45) is 0 Å². The largest absolute Gasteiger partial charge is 0.396 e. The Hall–Kier alpha value is -1.95. The lowest BCUT2D eigenvalue weighted by atomic mass is 10.1. The fraction of sp³-hybridized carbons (Fsp3) is 0.286. The summed E-state index contributed by atoms with van der Waals surface area (Å²) in [5, 5.41) is 3.68. The van der Waals surface area contributed by atoms with Gasteiger partial charge in [0.15, 0.2) is 0 Å². The third kappa shape index (κ3) is 3.14. The molecule has 0 spiro atoms. The lowest BCUT2D eigenvalue weighted by Crippen LogP contribution is -2.26. The molecule has 0 bridgehead atoms. The predicted molar refractivity (Wildman–Crippen MR) is 78.2 cm³/mol. The number of nitrogens with two attached hydrogens (primary N) is 1. The molecule has 0 saturated carbocycles. The first-order valence-electron chi connectivity index (χ1n) is 6.31. The molecular weight excluding hydrogens is 277 g/mol. The quantitative estimate of drug-likeness (QED) is 0.852. The number of rotatable bonds is 4. The van der Waals surface area contributed by atoms with Crippen LogP contribution in [0, 0.1) is 5.82 Å². The summed E-state index contributed by atoms with van der Waals surface area (Å²) < 4.78 is 13.1. The molecule has 1 amide bonds. The van der Waals surface area contributed by atoms with Gasteiger partial charge in [0, 0.05) is 16.6 Å². The summed E-state index contributed by atoms with van der Waals surface area (Å²) in [6, 6.07) is 3.73. The van der Waals surface area contributed by atoms with Gasteiger partial charge in [-0.25, -0.2) is 9.37 Å². The zero-order chi connectivity index (χ0) is 14.7. The maximum absolute atomic E-state index is 13.1. The van der Waals surface area contributed by atoms with E-state index < -0.39 is 5.82 Å². The second kappa shape index (κ2) is 6.00. The van der Waals surface area contributed by atoms with Gasteiger partial charge in [0.25, 0.3) is 5.91 Å². The van der Waals surface area contributed by atoms with Gasteiger partial charge in [-0.1, -0.05) is 6.92 Å². The summed E-state index contributed by atoms with van der Waals surface area (Å²) in [7, 11) is 0. The van der Waals surface area contributed by atoms with E-state index >= 15 is 0 Å². The molecule has 1 aromatic carbocycles. The molecule has 2 aromatic rings. The standard InChI is InChI=1S/C14H16FN3OS/c1-3-10-7-17-14(20-10)8(2)18-13(19)9-4-5-11(15)12(16)6-9/h4-8H,3,16H2,1-2H3,(H,18,19). The fourth-order valence-corrected chi connectivity index (χ4v) is 2.57. The van der Waals surface area contributed by atoms with Crippen molar-refractivity contribution >= 4 is 22.9 Å².